The van der Waals surface area contributed by atoms with Crippen molar-refractivity contribution in [2.75, 3.05) is 7.05 Å². The molecule has 96 valence electrons. The van der Waals surface area contributed by atoms with E-state index < -0.39 is 0 Å². The Morgan fingerprint density at radius 2 is 1.94 bits per heavy atom. The molecule has 16 heavy (non-hydrogen) atoms. The van der Waals surface area contributed by atoms with Crippen LogP contribution in [0.2, 0.25) is 0 Å². The predicted octanol–water partition coefficient (Wildman–Crippen LogP) is 3.76. The van der Waals surface area contributed by atoms with Crippen molar-refractivity contribution < 1.29 is 4.79 Å². The van der Waals surface area contributed by atoms with Gasteiger partial charge in [0.15, 0.2) is 0 Å². The first-order chi connectivity index (χ1) is 7.41. The molecule has 0 rings (SSSR count). The van der Waals surface area contributed by atoms with Crippen molar-refractivity contribution in [2.45, 2.75) is 66.2 Å². The summed E-state index contributed by atoms with van der Waals surface area (Å²) in [6.45, 7) is 9.21. The highest BCUT2D eigenvalue weighted by atomic mass is 16.1. The van der Waals surface area contributed by atoms with E-state index in [-0.39, 0.29) is 5.91 Å². The Bertz CT molecular complexity index is 199. The van der Waals surface area contributed by atoms with Crippen LogP contribution in [0.25, 0.3) is 0 Å². The number of hydrogen-bond acceptors (Lipinski definition) is 1. The fraction of sp³-hybridized carbons (Fsp3) is 0.929. The molecular formula is C14H29NO. The Balaban J connectivity index is 3.73. The highest BCUT2D eigenvalue weighted by Gasteiger charge is 2.18. The van der Waals surface area contributed by atoms with E-state index in [2.05, 4.69) is 33.0 Å². The smallest absolute Gasteiger partial charge is 0.219 e. The van der Waals surface area contributed by atoms with E-state index in [1.165, 1.54) is 19.3 Å². The third kappa shape index (κ3) is 7.72. The standard InChI is InChI=1S/C14H29NO/c1-6-12(2)9-11-14(3,4)10-7-8-13(16)15-5/h12H,6-11H2,1-5H3,(H,15,16). The molecule has 0 aliphatic heterocycles. The van der Waals surface area contributed by atoms with E-state index in [4.69, 9.17) is 0 Å². The van der Waals surface area contributed by atoms with Crippen LogP contribution in [0.1, 0.15) is 66.2 Å². The van der Waals surface area contributed by atoms with Crippen LogP contribution in [0, 0.1) is 11.3 Å². The Hall–Kier alpha value is -0.530. The number of rotatable bonds is 8. The Kier molecular flexibility index (Phi) is 7.44. The van der Waals surface area contributed by atoms with Gasteiger partial charge in [0, 0.05) is 13.5 Å². The van der Waals surface area contributed by atoms with Gasteiger partial charge >= 0.3 is 0 Å². The molecule has 0 bridgehead atoms. The van der Waals surface area contributed by atoms with Gasteiger partial charge in [0.05, 0.1) is 0 Å². The Morgan fingerprint density at radius 3 is 2.44 bits per heavy atom. The van der Waals surface area contributed by atoms with Gasteiger partial charge in [0.1, 0.15) is 0 Å². The molecule has 0 aliphatic rings. The number of carbonyl (C=O) groups excluding carboxylic acids is 1. The molecule has 0 fully saturated rings. The molecule has 0 aromatic heterocycles. The van der Waals surface area contributed by atoms with Gasteiger partial charge in [-0.05, 0) is 30.6 Å². The van der Waals surface area contributed by atoms with Crippen molar-refractivity contribution in [1.82, 2.24) is 5.32 Å². The molecular weight excluding hydrogens is 198 g/mol. The van der Waals surface area contributed by atoms with Gasteiger partial charge in [-0.15, -0.1) is 0 Å². The van der Waals surface area contributed by atoms with E-state index in [0.29, 0.717) is 11.8 Å². The minimum absolute atomic E-state index is 0.165. The summed E-state index contributed by atoms with van der Waals surface area (Å²) in [5.41, 5.74) is 0.386. The zero-order valence-electron chi connectivity index (χ0n) is 11.7. The maximum atomic E-state index is 11.1. The molecule has 2 nitrogen and oxygen atoms in total. The fourth-order valence-electron chi connectivity index (χ4n) is 1.82. The molecule has 0 saturated heterocycles. The third-order valence-corrected chi connectivity index (χ3v) is 3.55. The first-order valence-corrected chi connectivity index (χ1v) is 6.62. The molecule has 1 atom stereocenters. The summed E-state index contributed by atoms with van der Waals surface area (Å²) in [6.07, 6.45) is 6.68. The second kappa shape index (κ2) is 7.70. The summed E-state index contributed by atoms with van der Waals surface area (Å²) < 4.78 is 0. The molecule has 0 radical (unpaired) electrons. The fourth-order valence-corrected chi connectivity index (χ4v) is 1.82. The van der Waals surface area contributed by atoms with Crippen molar-refractivity contribution in [3.8, 4) is 0 Å². The summed E-state index contributed by atoms with van der Waals surface area (Å²) in [7, 11) is 1.70. The monoisotopic (exact) mass is 227 g/mol. The van der Waals surface area contributed by atoms with Crippen molar-refractivity contribution in [2.24, 2.45) is 11.3 Å². The second-order valence-corrected chi connectivity index (χ2v) is 5.74. The Morgan fingerprint density at radius 1 is 1.31 bits per heavy atom. The van der Waals surface area contributed by atoms with Crippen LogP contribution in [0.4, 0.5) is 0 Å². The number of amides is 1. The van der Waals surface area contributed by atoms with Gasteiger partial charge in [-0.1, -0.05) is 40.5 Å². The summed E-state index contributed by atoms with van der Waals surface area (Å²) in [4.78, 5) is 11.1. The highest BCUT2D eigenvalue weighted by Crippen LogP contribution is 2.31. The third-order valence-electron chi connectivity index (χ3n) is 3.55. The van der Waals surface area contributed by atoms with Gasteiger partial charge in [-0.25, -0.2) is 0 Å². The Labute approximate surface area is 101 Å². The molecule has 1 N–H and O–H groups in total. The molecule has 0 spiro atoms. The van der Waals surface area contributed by atoms with Crippen LogP contribution < -0.4 is 5.32 Å². The molecule has 1 amide bonds. The lowest BCUT2D eigenvalue weighted by molar-refractivity contribution is -0.120. The van der Waals surface area contributed by atoms with Gasteiger partial charge in [-0.2, -0.15) is 0 Å². The lowest BCUT2D eigenvalue weighted by Gasteiger charge is -2.25. The van der Waals surface area contributed by atoms with Gasteiger partial charge in [-0.3, -0.25) is 4.79 Å². The van der Waals surface area contributed by atoms with E-state index >= 15 is 0 Å². The first kappa shape index (κ1) is 15.5. The normalized spacial score (nSPS) is 13.6. The van der Waals surface area contributed by atoms with Crippen LogP contribution in [-0.2, 0) is 4.79 Å². The minimum atomic E-state index is 0.165. The maximum Gasteiger partial charge on any atom is 0.219 e. The molecule has 0 aromatic rings. The molecule has 0 saturated carbocycles. The molecule has 1 unspecified atom stereocenters. The van der Waals surface area contributed by atoms with Crippen molar-refractivity contribution in [3.63, 3.8) is 0 Å². The van der Waals surface area contributed by atoms with E-state index in [1.54, 1.807) is 7.05 Å². The zero-order chi connectivity index (χ0) is 12.6. The molecule has 0 aliphatic carbocycles. The van der Waals surface area contributed by atoms with Gasteiger partial charge in [0.25, 0.3) is 0 Å². The van der Waals surface area contributed by atoms with Crippen LogP contribution >= 0.6 is 0 Å². The maximum absolute atomic E-state index is 11.1. The molecule has 2 heteroatoms. The predicted molar refractivity (Wildman–Crippen MR) is 70.4 cm³/mol. The molecule has 0 aromatic carbocycles. The number of hydrogen-bond donors (Lipinski definition) is 1. The van der Waals surface area contributed by atoms with Crippen LogP contribution in [-0.4, -0.2) is 13.0 Å². The van der Waals surface area contributed by atoms with E-state index in [1.807, 2.05) is 0 Å². The average molecular weight is 227 g/mol. The lowest BCUT2D eigenvalue weighted by Crippen LogP contribution is -2.19. The SMILES string of the molecule is CCC(C)CCC(C)(C)CCCC(=O)NC. The first-order valence-electron chi connectivity index (χ1n) is 6.62. The lowest BCUT2D eigenvalue weighted by atomic mass is 9.80. The van der Waals surface area contributed by atoms with Crippen molar-refractivity contribution in [1.29, 1.82) is 0 Å². The van der Waals surface area contributed by atoms with Gasteiger partial charge in [0.2, 0.25) is 5.91 Å². The summed E-state index contributed by atoms with van der Waals surface area (Å²) in [5.74, 6) is 0.996. The summed E-state index contributed by atoms with van der Waals surface area (Å²) >= 11 is 0. The largest absolute Gasteiger partial charge is 0.359 e. The van der Waals surface area contributed by atoms with Crippen LogP contribution in [0.3, 0.4) is 0 Å². The topological polar surface area (TPSA) is 29.1 Å². The van der Waals surface area contributed by atoms with Gasteiger partial charge < -0.3 is 5.32 Å². The quantitative estimate of drug-likeness (QED) is 0.672. The van der Waals surface area contributed by atoms with Crippen molar-refractivity contribution in [3.05, 3.63) is 0 Å². The van der Waals surface area contributed by atoms with Crippen molar-refractivity contribution >= 4 is 5.91 Å². The van der Waals surface area contributed by atoms with Crippen LogP contribution in [0.15, 0.2) is 0 Å². The number of nitrogens with one attached hydrogen (secondary N) is 1. The summed E-state index contributed by atoms with van der Waals surface area (Å²) in [5, 5.41) is 2.67. The summed E-state index contributed by atoms with van der Waals surface area (Å²) in [6, 6.07) is 0. The molecule has 0 heterocycles. The van der Waals surface area contributed by atoms with Crippen LogP contribution in [0.5, 0.6) is 0 Å². The van der Waals surface area contributed by atoms with E-state index in [9.17, 15) is 4.79 Å². The second-order valence-electron chi connectivity index (χ2n) is 5.74. The average Bonchev–Trinajstić information content (AvgIpc) is 2.25. The number of carbonyl (C=O) groups is 1. The highest BCUT2D eigenvalue weighted by molar-refractivity contribution is 5.75. The zero-order valence-corrected chi connectivity index (χ0v) is 11.7. The minimum Gasteiger partial charge on any atom is -0.359 e. The van der Waals surface area contributed by atoms with E-state index in [0.717, 1.165) is 18.8 Å².